The molecule has 0 spiro atoms. The van der Waals surface area contributed by atoms with Gasteiger partial charge in [-0.05, 0) is 31.2 Å². The Morgan fingerprint density at radius 1 is 0.963 bits per heavy atom. The predicted molar refractivity (Wildman–Crippen MR) is 110 cm³/mol. The first-order chi connectivity index (χ1) is 12.5. The van der Waals surface area contributed by atoms with Gasteiger partial charge in [0.25, 0.3) is 0 Å². The molecule has 6 heteroatoms. The minimum absolute atomic E-state index is 0. The molecule has 0 aromatic heterocycles. The molecule has 0 radical (unpaired) electrons. The Morgan fingerprint density at radius 3 is 2.15 bits per heavy atom. The monoisotopic (exact) mass is 399 g/mol. The molecule has 0 saturated carbocycles. The number of hydrogen-bond acceptors (Lipinski definition) is 5. The third-order valence-corrected chi connectivity index (χ3v) is 4.26. The van der Waals surface area contributed by atoms with E-state index in [1.165, 1.54) is 0 Å². The van der Waals surface area contributed by atoms with E-state index in [2.05, 4.69) is 0 Å². The van der Waals surface area contributed by atoms with Crippen LogP contribution in [0, 0.1) is 0 Å². The second kappa shape index (κ2) is 14.5. The van der Waals surface area contributed by atoms with E-state index in [0.717, 1.165) is 31.2 Å². The number of carbonyl (C=O) groups is 2. The van der Waals surface area contributed by atoms with E-state index >= 15 is 0 Å². The number of carbonyl (C=O) groups excluding carboxylic acids is 2. The van der Waals surface area contributed by atoms with Gasteiger partial charge in [0, 0.05) is 12.8 Å². The van der Waals surface area contributed by atoms with Crippen LogP contribution in [-0.4, -0.2) is 30.7 Å². The summed E-state index contributed by atoms with van der Waals surface area (Å²) in [5.41, 5.74) is 6.29. The van der Waals surface area contributed by atoms with Crippen molar-refractivity contribution in [3.05, 3.63) is 35.9 Å². The minimum Gasteiger partial charge on any atom is -0.466 e. The second-order valence-electron chi connectivity index (χ2n) is 6.74. The molecule has 0 aliphatic rings. The molecule has 0 bridgehead atoms. The molecule has 1 atom stereocenters. The molecule has 0 saturated heterocycles. The zero-order valence-corrected chi connectivity index (χ0v) is 17.4. The van der Waals surface area contributed by atoms with E-state index in [1.807, 2.05) is 44.2 Å². The lowest BCUT2D eigenvalue weighted by atomic mass is 9.86. The molecule has 0 amide bonds. The van der Waals surface area contributed by atoms with Crippen LogP contribution in [0.1, 0.15) is 64.4 Å². The van der Waals surface area contributed by atoms with Crippen molar-refractivity contribution in [3.63, 3.8) is 0 Å². The van der Waals surface area contributed by atoms with Gasteiger partial charge in [0.15, 0.2) is 0 Å². The first kappa shape index (κ1) is 25.4. The SMILES string of the molecule is CCCCOC(=O)CCCC(N)(Cc1ccccc1)C(=O)OCCCC.Cl. The van der Waals surface area contributed by atoms with Crippen molar-refractivity contribution >= 4 is 24.3 Å². The van der Waals surface area contributed by atoms with Gasteiger partial charge in [-0.1, -0.05) is 57.0 Å². The fourth-order valence-corrected chi connectivity index (χ4v) is 2.63. The van der Waals surface area contributed by atoms with Gasteiger partial charge in [-0.2, -0.15) is 0 Å². The van der Waals surface area contributed by atoms with Crippen molar-refractivity contribution < 1.29 is 19.1 Å². The molecular formula is C21H34ClNO4. The van der Waals surface area contributed by atoms with Gasteiger partial charge in [-0.3, -0.25) is 9.59 Å². The first-order valence-electron chi connectivity index (χ1n) is 9.67. The van der Waals surface area contributed by atoms with Crippen molar-refractivity contribution in [2.45, 2.75) is 70.8 Å². The van der Waals surface area contributed by atoms with E-state index in [0.29, 0.717) is 32.5 Å². The number of nitrogens with two attached hydrogens (primary N) is 1. The van der Waals surface area contributed by atoms with Crippen LogP contribution in [0.5, 0.6) is 0 Å². The third kappa shape index (κ3) is 10.4. The topological polar surface area (TPSA) is 78.6 Å². The second-order valence-corrected chi connectivity index (χ2v) is 6.74. The largest absolute Gasteiger partial charge is 0.466 e. The smallest absolute Gasteiger partial charge is 0.326 e. The van der Waals surface area contributed by atoms with Gasteiger partial charge >= 0.3 is 11.9 Å². The Bertz CT molecular complexity index is 538. The number of esters is 2. The highest BCUT2D eigenvalue weighted by Crippen LogP contribution is 2.20. The van der Waals surface area contributed by atoms with E-state index in [9.17, 15) is 9.59 Å². The van der Waals surface area contributed by atoms with Gasteiger partial charge in [-0.15, -0.1) is 12.4 Å². The highest BCUT2D eigenvalue weighted by Gasteiger charge is 2.35. The Balaban J connectivity index is 0.00000676. The van der Waals surface area contributed by atoms with Gasteiger partial charge in [0.2, 0.25) is 0 Å². The highest BCUT2D eigenvalue weighted by molar-refractivity contribution is 5.85. The quantitative estimate of drug-likeness (QED) is 0.397. The molecule has 0 heterocycles. The van der Waals surface area contributed by atoms with Crippen LogP contribution in [-0.2, 0) is 25.5 Å². The standard InChI is InChI=1S/C21H33NO4.ClH/c1-3-5-15-25-19(23)13-10-14-21(22,20(24)26-16-6-4-2)17-18-11-8-7-9-12-18;/h7-9,11-12H,3-6,10,13-17,22H2,1-2H3;1H. The average molecular weight is 400 g/mol. The van der Waals surface area contributed by atoms with E-state index in [1.54, 1.807) is 0 Å². The number of halogens is 1. The van der Waals surface area contributed by atoms with E-state index < -0.39 is 11.5 Å². The summed E-state index contributed by atoms with van der Waals surface area (Å²) in [6.07, 6.45) is 5.16. The van der Waals surface area contributed by atoms with E-state index in [4.69, 9.17) is 15.2 Å². The summed E-state index contributed by atoms with van der Waals surface area (Å²) >= 11 is 0. The van der Waals surface area contributed by atoms with Crippen LogP contribution >= 0.6 is 12.4 Å². The number of unbranched alkanes of at least 4 members (excludes halogenated alkanes) is 2. The van der Waals surface area contributed by atoms with Crippen LogP contribution in [0.3, 0.4) is 0 Å². The van der Waals surface area contributed by atoms with Crippen LogP contribution in [0.4, 0.5) is 0 Å². The van der Waals surface area contributed by atoms with Crippen LogP contribution < -0.4 is 5.73 Å². The normalized spacial score (nSPS) is 12.6. The van der Waals surface area contributed by atoms with Crippen molar-refractivity contribution in [1.29, 1.82) is 0 Å². The summed E-state index contributed by atoms with van der Waals surface area (Å²) in [7, 11) is 0. The number of benzene rings is 1. The van der Waals surface area contributed by atoms with Gasteiger partial charge in [0.05, 0.1) is 13.2 Å². The van der Waals surface area contributed by atoms with Crippen LogP contribution in [0.25, 0.3) is 0 Å². The molecule has 1 aromatic carbocycles. The molecule has 0 aliphatic carbocycles. The van der Waals surface area contributed by atoms with Gasteiger partial charge < -0.3 is 15.2 Å². The molecule has 0 aliphatic heterocycles. The molecule has 1 rings (SSSR count). The molecule has 1 unspecified atom stereocenters. The Morgan fingerprint density at radius 2 is 1.56 bits per heavy atom. The van der Waals surface area contributed by atoms with Crippen molar-refractivity contribution in [1.82, 2.24) is 0 Å². The number of rotatable bonds is 13. The first-order valence-corrected chi connectivity index (χ1v) is 9.67. The Labute approximate surface area is 169 Å². The maximum absolute atomic E-state index is 12.6. The van der Waals surface area contributed by atoms with Gasteiger partial charge in [0.1, 0.15) is 5.54 Å². The lowest BCUT2D eigenvalue weighted by Crippen LogP contribution is -2.51. The highest BCUT2D eigenvalue weighted by atomic mass is 35.5. The zero-order chi connectivity index (χ0) is 19.3. The predicted octanol–water partition coefficient (Wildman–Crippen LogP) is 4.21. The summed E-state index contributed by atoms with van der Waals surface area (Å²) < 4.78 is 10.5. The molecule has 5 nitrogen and oxygen atoms in total. The molecule has 154 valence electrons. The lowest BCUT2D eigenvalue weighted by molar-refractivity contribution is -0.151. The molecule has 0 fully saturated rings. The molecule has 2 N–H and O–H groups in total. The number of ether oxygens (including phenoxy) is 2. The summed E-state index contributed by atoms with van der Waals surface area (Å²) in [6.45, 7) is 4.91. The van der Waals surface area contributed by atoms with Crippen LogP contribution in [0.2, 0.25) is 0 Å². The van der Waals surface area contributed by atoms with Crippen molar-refractivity contribution in [2.75, 3.05) is 13.2 Å². The summed E-state index contributed by atoms with van der Waals surface area (Å²) in [5, 5.41) is 0. The maximum Gasteiger partial charge on any atom is 0.326 e. The van der Waals surface area contributed by atoms with Crippen molar-refractivity contribution in [2.24, 2.45) is 5.73 Å². The summed E-state index contributed by atoms with van der Waals surface area (Å²) in [5.74, 6) is -0.631. The zero-order valence-electron chi connectivity index (χ0n) is 16.6. The van der Waals surface area contributed by atoms with Gasteiger partial charge in [-0.25, -0.2) is 0 Å². The van der Waals surface area contributed by atoms with E-state index in [-0.39, 0.29) is 24.8 Å². The third-order valence-electron chi connectivity index (χ3n) is 4.26. The molecular weight excluding hydrogens is 366 g/mol. The maximum atomic E-state index is 12.6. The van der Waals surface area contributed by atoms with Crippen LogP contribution in [0.15, 0.2) is 30.3 Å². The molecule has 27 heavy (non-hydrogen) atoms. The fraction of sp³-hybridized carbons (Fsp3) is 0.619. The van der Waals surface area contributed by atoms with Crippen molar-refractivity contribution in [3.8, 4) is 0 Å². The Kier molecular flexibility index (Phi) is 13.6. The average Bonchev–Trinajstić information content (AvgIpc) is 2.63. The lowest BCUT2D eigenvalue weighted by Gasteiger charge is -2.27. The minimum atomic E-state index is -1.13. The number of hydrogen-bond donors (Lipinski definition) is 1. The molecule has 1 aromatic rings. The summed E-state index contributed by atoms with van der Waals surface area (Å²) in [6, 6.07) is 9.65. The Hall–Kier alpha value is -1.59. The fourth-order valence-electron chi connectivity index (χ4n) is 2.63. The summed E-state index contributed by atoms with van der Waals surface area (Å²) in [4.78, 5) is 24.3.